The lowest BCUT2D eigenvalue weighted by atomic mass is 10.3. The number of aromatic nitrogens is 2. The van der Waals surface area contributed by atoms with Crippen molar-refractivity contribution in [3.63, 3.8) is 0 Å². The predicted molar refractivity (Wildman–Crippen MR) is 71.4 cm³/mol. The Morgan fingerprint density at radius 1 is 1.39 bits per heavy atom. The maximum Gasteiger partial charge on any atom is 0.178 e. The van der Waals surface area contributed by atoms with E-state index in [1.807, 2.05) is 14.0 Å². The van der Waals surface area contributed by atoms with Crippen molar-refractivity contribution in [3.05, 3.63) is 24.0 Å². The van der Waals surface area contributed by atoms with Gasteiger partial charge in [-0.05, 0) is 45.1 Å². The van der Waals surface area contributed by atoms with Crippen LogP contribution in [0.25, 0.3) is 11.0 Å². The Morgan fingerprint density at radius 2 is 2.17 bits per heavy atom. The molecule has 6 heteroatoms. The van der Waals surface area contributed by atoms with Gasteiger partial charge in [-0.1, -0.05) is 0 Å². The van der Waals surface area contributed by atoms with Crippen molar-refractivity contribution in [1.29, 1.82) is 0 Å². The number of H-pyrrole nitrogens is 1. The lowest BCUT2D eigenvalue weighted by Crippen LogP contribution is -2.14. The van der Waals surface area contributed by atoms with Crippen LogP contribution in [-0.4, -0.2) is 37.7 Å². The highest BCUT2D eigenvalue weighted by atomic mass is 32.2. The zero-order chi connectivity index (χ0) is 13.2. The Morgan fingerprint density at radius 3 is 2.89 bits per heavy atom. The number of fused-ring (bicyclic) bond motifs is 1. The van der Waals surface area contributed by atoms with Crippen LogP contribution in [0.3, 0.4) is 0 Å². The molecule has 0 fully saturated rings. The normalized spacial score (nSPS) is 12.1. The second kappa shape index (κ2) is 5.07. The molecule has 0 atom stereocenters. The zero-order valence-corrected chi connectivity index (χ0v) is 11.3. The SMILES string of the molecule is CNCCCS(=O)(=O)c1ccc2nc(C)[nH]c2c1. The van der Waals surface area contributed by atoms with Gasteiger partial charge in [0.05, 0.1) is 21.7 Å². The highest BCUT2D eigenvalue weighted by Crippen LogP contribution is 2.18. The number of aryl methyl sites for hydroxylation is 1. The molecule has 0 aliphatic heterocycles. The van der Waals surface area contributed by atoms with Crippen LogP contribution >= 0.6 is 0 Å². The fourth-order valence-corrected chi connectivity index (χ4v) is 3.20. The van der Waals surface area contributed by atoms with E-state index >= 15 is 0 Å². The minimum atomic E-state index is -3.20. The second-order valence-corrected chi connectivity index (χ2v) is 6.39. The molecule has 0 aliphatic carbocycles. The highest BCUT2D eigenvalue weighted by molar-refractivity contribution is 7.91. The number of nitrogens with one attached hydrogen (secondary N) is 2. The average Bonchev–Trinajstić information content (AvgIpc) is 2.68. The standard InChI is InChI=1S/C12H17N3O2S/c1-9-14-11-5-4-10(8-12(11)15-9)18(16,17)7-3-6-13-2/h4-5,8,13H,3,6-7H2,1-2H3,(H,14,15). The monoisotopic (exact) mass is 267 g/mol. The van der Waals surface area contributed by atoms with Gasteiger partial charge >= 0.3 is 0 Å². The van der Waals surface area contributed by atoms with Gasteiger partial charge in [-0.3, -0.25) is 0 Å². The molecule has 0 bridgehead atoms. The number of benzene rings is 1. The molecule has 5 nitrogen and oxygen atoms in total. The molecule has 2 aromatic rings. The number of rotatable bonds is 5. The molecular formula is C12H17N3O2S. The van der Waals surface area contributed by atoms with Crippen molar-refractivity contribution in [3.8, 4) is 0 Å². The molecule has 18 heavy (non-hydrogen) atoms. The maximum atomic E-state index is 12.1. The Hall–Kier alpha value is -1.40. The maximum absolute atomic E-state index is 12.1. The number of imidazole rings is 1. The van der Waals surface area contributed by atoms with Crippen molar-refractivity contribution in [1.82, 2.24) is 15.3 Å². The van der Waals surface area contributed by atoms with E-state index < -0.39 is 9.84 Å². The lowest BCUT2D eigenvalue weighted by molar-refractivity contribution is 0.592. The van der Waals surface area contributed by atoms with Gasteiger partial charge in [-0.15, -0.1) is 0 Å². The third-order valence-electron chi connectivity index (χ3n) is 2.77. The van der Waals surface area contributed by atoms with Crippen molar-refractivity contribution in [2.75, 3.05) is 19.3 Å². The lowest BCUT2D eigenvalue weighted by Gasteiger charge is -2.04. The molecule has 0 saturated heterocycles. The van der Waals surface area contributed by atoms with E-state index in [2.05, 4.69) is 15.3 Å². The van der Waals surface area contributed by atoms with E-state index in [9.17, 15) is 8.42 Å². The Balaban J connectivity index is 2.29. The molecule has 1 aromatic carbocycles. The van der Waals surface area contributed by atoms with E-state index in [0.717, 1.165) is 16.9 Å². The summed E-state index contributed by atoms with van der Waals surface area (Å²) in [6, 6.07) is 5.02. The van der Waals surface area contributed by atoms with Crippen LogP contribution in [0.2, 0.25) is 0 Å². The van der Waals surface area contributed by atoms with E-state index in [1.165, 1.54) is 0 Å². The summed E-state index contributed by atoms with van der Waals surface area (Å²) in [6.45, 7) is 2.55. The van der Waals surface area contributed by atoms with Crippen LogP contribution in [0.15, 0.2) is 23.1 Å². The van der Waals surface area contributed by atoms with Gasteiger partial charge in [-0.25, -0.2) is 13.4 Å². The summed E-state index contributed by atoms with van der Waals surface area (Å²) in [7, 11) is -1.39. The van der Waals surface area contributed by atoms with Crippen LogP contribution in [0.1, 0.15) is 12.2 Å². The Bertz CT molecular complexity index is 646. The predicted octanol–water partition coefficient (Wildman–Crippen LogP) is 1.25. The average molecular weight is 267 g/mol. The van der Waals surface area contributed by atoms with E-state index in [0.29, 0.717) is 17.9 Å². The number of nitrogens with zero attached hydrogens (tertiary/aromatic N) is 1. The van der Waals surface area contributed by atoms with Gasteiger partial charge in [0.15, 0.2) is 9.84 Å². The van der Waals surface area contributed by atoms with E-state index in [-0.39, 0.29) is 5.75 Å². The minimum absolute atomic E-state index is 0.159. The largest absolute Gasteiger partial charge is 0.342 e. The van der Waals surface area contributed by atoms with Gasteiger partial charge < -0.3 is 10.3 Å². The smallest absolute Gasteiger partial charge is 0.178 e. The second-order valence-electron chi connectivity index (χ2n) is 4.28. The number of hydrogen-bond acceptors (Lipinski definition) is 4. The molecule has 0 aliphatic rings. The first-order valence-electron chi connectivity index (χ1n) is 5.86. The number of aromatic amines is 1. The fraction of sp³-hybridized carbons (Fsp3) is 0.417. The third-order valence-corrected chi connectivity index (χ3v) is 4.57. The molecule has 1 heterocycles. The minimum Gasteiger partial charge on any atom is -0.342 e. The first-order chi connectivity index (χ1) is 8.53. The van der Waals surface area contributed by atoms with Crippen LogP contribution in [0, 0.1) is 6.92 Å². The summed E-state index contributed by atoms with van der Waals surface area (Å²) < 4.78 is 24.2. The summed E-state index contributed by atoms with van der Waals surface area (Å²) in [5, 5.41) is 2.94. The van der Waals surface area contributed by atoms with Gasteiger partial charge in [0.25, 0.3) is 0 Å². The summed E-state index contributed by atoms with van der Waals surface area (Å²) in [5.74, 6) is 0.946. The fourth-order valence-electron chi connectivity index (χ4n) is 1.87. The Labute approximate surface area is 107 Å². The molecule has 0 amide bonds. The van der Waals surface area contributed by atoms with E-state index in [4.69, 9.17) is 0 Å². The molecule has 1 aromatic heterocycles. The summed E-state index contributed by atoms with van der Waals surface area (Å²) in [4.78, 5) is 7.66. The van der Waals surface area contributed by atoms with Crippen molar-refractivity contribution in [2.45, 2.75) is 18.2 Å². The van der Waals surface area contributed by atoms with Gasteiger partial charge in [0.2, 0.25) is 0 Å². The molecule has 0 unspecified atom stereocenters. The number of sulfone groups is 1. The molecular weight excluding hydrogens is 250 g/mol. The molecule has 0 saturated carbocycles. The van der Waals surface area contributed by atoms with E-state index in [1.54, 1.807) is 18.2 Å². The van der Waals surface area contributed by atoms with Gasteiger partial charge in [0.1, 0.15) is 5.82 Å². The summed E-state index contributed by atoms with van der Waals surface area (Å²) >= 11 is 0. The molecule has 2 N–H and O–H groups in total. The van der Waals surface area contributed by atoms with Crippen LogP contribution < -0.4 is 5.32 Å². The molecule has 0 radical (unpaired) electrons. The van der Waals surface area contributed by atoms with Gasteiger partial charge in [-0.2, -0.15) is 0 Å². The quantitative estimate of drug-likeness (QED) is 0.800. The van der Waals surface area contributed by atoms with Crippen molar-refractivity contribution in [2.24, 2.45) is 0 Å². The van der Waals surface area contributed by atoms with Crippen molar-refractivity contribution >= 4 is 20.9 Å². The van der Waals surface area contributed by atoms with Crippen LogP contribution in [-0.2, 0) is 9.84 Å². The Kier molecular flexibility index (Phi) is 3.68. The number of hydrogen-bond donors (Lipinski definition) is 2. The van der Waals surface area contributed by atoms with Crippen molar-refractivity contribution < 1.29 is 8.42 Å². The van der Waals surface area contributed by atoms with Gasteiger partial charge in [0, 0.05) is 0 Å². The zero-order valence-electron chi connectivity index (χ0n) is 10.5. The first-order valence-corrected chi connectivity index (χ1v) is 7.52. The van der Waals surface area contributed by atoms with Crippen LogP contribution in [0.4, 0.5) is 0 Å². The first kappa shape index (κ1) is 13.0. The summed E-state index contributed by atoms with van der Waals surface area (Å²) in [5.41, 5.74) is 1.56. The highest BCUT2D eigenvalue weighted by Gasteiger charge is 2.15. The summed E-state index contributed by atoms with van der Waals surface area (Å²) in [6.07, 6.45) is 0.610. The third kappa shape index (κ3) is 2.70. The molecule has 2 rings (SSSR count). The topological polar surface area (TPSA) is 74.8 Å². The van der Waals surface area contributed by atoms with Crippen LogP contribution in [0.5, 0.6) is 0 Å². The molecule has 0 spiro atoms. The molecule has 98 valence electrons.